The highest BCUT2D eigenvalue weighted by Gasteiger charge is 2.32. The summed E-state index contributed by atoms with van der Waals surface area (Å²) in [6, 6.07) is 0.479. The Balaban J connectivity index is 2.40. The predicted molar refractivity (Wildman–Crippen MR) is 71.0 cm³/mol. The summed E-state index contributed by atoms with van der Waals surface area (Å²) in [5.41, 5.74) is 9.09. The van der Waals surface area contributed by atoms with Gasteiger partial charge in [-0.3, -0.25) is 0 Å². The van der Waals surface area contributed by atoms with E-state index in [1.165, 1.54) is 24.2 Å². The highest BCUT2D eigenvalue weighted by atomic mass is 15.1. The molecular formula is C14H25N3. The number of nitrogens with zero attached hydrogens (tertiary/aromatic N) is 2. The topological polar surface area (TPSA) is 43.8 Å². The third kappa shape index (κ3) is 2.39. The van der Waals surface area contributed by atoms with Crippen molar-refractivity contribution in [3.8, 4) is 0 Å². The molecule has 0 aliphatic heterocycles. The average Bonchev–Trinajstić information content (AvgIpc) is 2.60. The number of hydrogen-bond acceptors (Lipinski definition) is 2. The summed E-state index contributed by atoms with van der Waals surface area (Å²) in [5.74, 6) is 0. The van der Waals surface area contributed by atoms with Gasteiger partial charge in [0, 0.05) is 11.7 Å². The van der Waals surface area contributed by atoms with E-state index in [0.29, 0.717) is 6.04 Å². The van der Waals surface area contributed by atoms with Crippen LogP contribution in [0.2, 0.25) is 0 Å². The minimum atomic E-state index is 0.148. The first-order valence-corrected chi connectivity index (χ1v) is 6.71. The zero-order chi connectivity index (χ0) is 12.6. The van der Waals surface area contributed by atoms with E-state index in [1.54, 1.807) is 0 Å². The number of imidazole rings is 1. The Kier molecular flexibility index (Phi) is 3.30. The molecule has 3 heteroatoms. The SMILES string of the molecule is CC(N)C(n1cnc2c1CCCC2)C(C)(C)C. The molecule has 0 saturated carbocycles. The Morgan fingerprint density at radius 2 is 1.94 bits per heavy atom. The number of fused-ring (bicyclic) bond motifs is 1. The van der Waals surface area contributed by atoms with Crippen LogP contribution in [0.4, 0.5) is 0 Å². The van der Waals surface area contributed by atoms with E-state index < -0.39 is 0 Å². The number of aromatic nitrogens is 2. The fourth-order valence-corrected chi connectivity index (χ4v) is 3.19. The van der Waals surface area contributed by atoms with E-state index in [4.69, 9.17) is 5.73 Å². The van der Waals surface area contributed by atoms with Crippen molar-refractivity contribution in [2.45, 2.75) is 65.5 Å². The van der Waals surface area contributed by atoms with Crippen LogP contribution in [-0.4, -0.2) is 15.6 Å². The molecule has 1 heterocycles. The molecule has 2 rings (SSSR count). The van der Waals surface area contributed by atoms with Crippen molar-refractivity contribution in [1.82, 2.24) is 9.55 Å². The van der Waals surface area contributed by atoms with Gasteiger partial charge in [-0.1, -0.05) is 20.8 Å². The lowest BCUT2D eigenvalue weighted by Crippen LogP contribution is -2.38. The number of aryl methyl sites for hydroxylation is 1. The molecule has 0 amide bonds. The van der Waals surface area contributed by atoms with Gasteiger partial charge in [-0.25, -0.2) is 4.98 Å². The molecule has 1 aromatic rings. The van der Waals surface area contributed by atoms with Gasteiger partial charge in [-0.15, -0.1) is 0 Å². The quantitative estimate of drug-likeness (QED) is 0.856. The van der Waals surface area contributed by atoms with Gasteiger partial charge in [0.2, 0.25) is 0 Å². The van der Waals surface area contributed by atoms with Crippen LogP contribution >= 0.6 is 0 Å². The second-order valence-corrected chi connectivity index (χ2v) is 6.42. The number of hydrogen-bond donors (Lipinski definition) is 1. The minimum absolute atomic E-state index is 0.148. The summed E-state index contributed by atoms with van der Waals surface area (Å²) in [6.45, 7) is 8.88. The molecule has 3 nitrogen and oxygen atoms in total. The van der Waals surface area contributed by atoms with Crippen LogP contribution in [0.1, 0.15) is 58.0 Å². The highest BCUT2D eigenvalue weighted by Crippen LogP contribution is 2.35. The molecule has 0 bridgehead atoms. The van der Waals surface area contributed by atoms with E-state index in [9.17, 15) is 0 Å². The fraction of sp³-hybridized carbons (Fsp3) is 0.786. The summed E-state index contributed by atoms with van der Waals surface area (Å²) >= 11 is 0. The molecule has 2 atom stereocenters. The van der Waals surface area contributed by atoms with Gasteiger partial charge in [-0.2, -0.15) is 0 Å². The minimum Gasteiger partial charge on any atom is -0.329 e. The van der Waals surface area contributed by atoms with Crippen LogP contribution in [0.25, 0.3) is 0 Å². The van der Waals surface area contributed by atoms with Crippen LogP contribution in [0, 0.1) is 5.41 Å². The molecule has 1 aliphatic carbocycles. The highest BCUT2D eigenvalue weighted by molar-refractivity contribution is 5.18. The molecule has 0 radical (unpaired) electrons. The molecule has 0 aromatic carbocycles. The fourth-order valence-electron chi connectivity index (χ4n) is 3.19. The van der Waals surface area contributed by atoms with Gasteiger partial charge in [0.05, 0.1) is 18.1 Å². The first kappa shape index (κ1) is 12.6. The standard InChI is InChI=1S/C14H25N3/c1-10(15)13(14(2,3)4)17-9-16-11-7-5-6-8-12(11)17/h9-10,13H,5-8,15H2,1-4H3. The van der Waals surface area contributed by atoms with Crippen molar-refractivity contribution in [3.63, 3.8) is 0 Å². The van der Waals surface area contributed by atoms with E-state index in [1.807, 2.05) is 6.33 Å². The normalized spacial score (nSPS) is 19.8. The first-order valence-electron chi connectivity index (χ1n) is 6.71. The maximum Gasteiger partial charge on any atom is 0.0954 e. The van der Waals surface area contributed by atoms with Crippen LogP contribution < -0.4 is 5.73 Å². The Morgan fingerprint density at radius 1 is 1.29 bits per heavy atom. The lowest BCUT2D eigenvalue weighted by Gasteiger charge is -2.36. The summed E-state index contributed by atoms with van der Waals surface area (Å²) in [4.78, 5) is 4.58. The smallest absolute Gasteiger partial charge is 0.0954 e. The third-order valence-electron chi connectivity index (χ3n) is 3.74. The van der Waals surface area contributed by atoms with Crippen molar-refractivity contribution in [1.29, 1.82) is 0 Å². The average molecular weight is 235 g/mol. The first-order chi connectivity index (χ1) is 7.91. The Hall–Kier alpha value is -0.830. The van der Waals surface area contributed by atoms with Crippen molar-refractivity contribution in [2.24, 2.45) is 11.1 Å². The maximum absolute atomic E-state index is 6.20. The summed E-state index contributed by atoms with van der Waals surface area (Å²) < 4.78 is 2.35. The van der Waals surface area contributed by atoms with E-state index in [0.717, 1.165) is 12.8 Å². The third-order valence-corrected chi connectivity index (χ3v) is 3.74. The lowest BCUT2D eigenvalue weighted by molar-refractivity contribution is 0.207. The van der Waals surface area contributed by atoms with Gasteiger partial charge in [0.1, 0.15) is 0 Å². The number of rotatable bonds is 2. The van der Waals surface area contributed by atoms with Crippen molar-refractivity contribution in [3.05, 3.63) is 17.7 Å². The Morgan fingerprint density at radius 3 is 2.53 bits per heavy atom. The van der Waals surface area contributed by atoms with Crippen LogP contribution in [0.15, 0.2) is 6.33 Å². The van der Waals surface area contributed by atoms with Gasteiger partial charge in [-0.05, 0) is 38.0 Å². The Bertz CT molecular complexity index is 385. The van der Waals surface area contributed by atoms with Crippen molar-refractivity contribution < 1.29 is 0 Å². The van der Waals surface area contributed by atoms with Gasteiger partial charge in [0.25, 0.3) is 0 Å². The Labute approximate surface area is 104 Å². The molecular weight excluding hydrogens is 210 g/mol. The van der Waals surface area contributed by atoms with Gasteiger partial charge in [0.15, 0.2) is 0 Å². The van der Waals surface area contributed by atoms with E-state index in [2.05, 4.69) is 37.2 Å². The zero-order valence-corrected chi connectivity index (χ0v) is 11.5. The molecule has 0 saturated heterocycles. The van der Waals surface area contributed by atoms with Crippen LogP contribution in [0.5, 0.6) is 0 Å². The molecule has 1 aliphatic rings. The molecule has 0 fully saturated rings. The molecule has 0 spiro atoms. The largest absolute Gasteiger partial charge is 0.329 e. The lowest BCUT2D eigenvalue weighted by atomic mass is 9.82. The molecule has 17 heavy (non-hydrogen) atoms. The van der Waals surface area contributed by atoms with E-state index >= 15 is 0 Å². The molecule has 1 aromatic heterocycles. The molecule has 96 valence electrons. The zero-order valence-electron chi connectivity index (χ0n) is 11.5. The van der Waals surface area contributed by atoms with Crippen molar-refractivity contribution >= 4 is 0 Å². The second kappa shape index (κ2) is 4.45. The second-order valence-electron chi connectivity index (χ2n) is 6.42. The van der Waals surface area contributed by atoms with Gasteiger partial charge >= 0.3 is 0 Å². The molecule has 2 N–H and O–H groups in total. The van der Waals surface area contributed by atoms with Crippen LogP contribution in [-0.2, 0) is 12.8 Å². The van der Waals surface area contributed by atoms with Crippen molar-refractivity contribution in [2.75, 3.05) is 0 Å². The summed E-state index contributed by atoms with van der Waals surface area (Å²) in [5, 5.41) is 0. The predicted octanol–water partition coefficient (Wildman–Crippen LogP) is 2.70. The maximum atomic E-state index is 6.20. The monoisotopic (exact) mass is 235 g/mol. The van der Waals surface area contributed by atoms with Gasteiger partial charge < -0.3 is 10.3 Å². The van der Waals surface area contributed by atoms with Crippen LogP contribution in [0.3, 0.4) is 0 Å². The summed E-state index contributed by atoms with van der Waals surface area (Å²) in [6.07, 6.45) is 6.87. The molecule has 2 unspecified atom stereocenters. The summed E-state index contributed by atoms with van der Waals surface area (Å²) in [7, 11) is 0. The van der Waals surface area contributed by atoms with E-state index in [-0.39, 0.29) is 11.5 Å². The number of nitrogens with two attached hydrogens (primary N) is 1.